The number of nitrogens with zero attached hydrogens (tertiary/aromatic N) is 4. The lowest BCUT2D eigenvalue weighted by molar-refractivity contribution is 0.0162. The molecule has 0 radical (unpaired) electrons. The van der Waals surface area contributed by atoms with Crippen LogP contribution in [0.5, 0.6) is 0 Å². The predicted octanol–water partition coefficient (Wildman–Crippen LogP) is 2.21. The second-order valence-electron chi connectivity index (χ2n) is 8.60. The van der Waals surface area contributed by atoms with Crippen LogP contribution in [0.15, 0.2) is 0 Å². The zero-order chi connectivity index (χ0) is 16.9. The van der Waals surface area contributed by atoms with E-state index >= 15 is 0 Å². The first-order valence-electron chi connectivity index (χ1n) is 10.6. The summed E-state index contributed by atoms with van der Waals surface area (Å²) in [6, 6.07) is 1.60. The predicted molar refractivity (Wildman–Crippen MR) is 103 cm³/mol. The summed E-state index contributed by atoms with van der Waals surface area (Å²) in [4.78, 5) is 10.7. The van der Waals surface area contributed by atoms with Crippen molar-refractivity contribution >= 4 is 0 Å². The lowest BCUT2D eigenvalue weighted by Crippen LogP contribution is -2.60. The van der Waals surface area contributed by atoms with E-state index in [1.54, 1.807) is 0 Å². The van der Waals surface area contributed by atoms with E-state index < -0.39 is 0 Å². The lowest BCUT2D eigenvalue weighted by Gasteiger charge is -2.47. The Morgan fingerprint density at radius 1 is 0.875 bits per heavy atom. The average molecular weight is 337 g/mol. The molecule has 4 heteroatoms. The van der Waals surface area contributed by atoms with E-state index in [2.05, 4.69) is 40.4 Å². The zero-order valence-electron chi connectivity index (χ0n) is 16.4. The molecule has 24 heavy (non-hydrogen) atoms. The number of rotatable bonds is 7. The summed E-state index contributed by atoms with van der Waals surface area (Å²) in [6.07, 6.45) is 5.77. The molecule has 3 rings (SSSR count). The summed E-state index contributed by atoms with van der Waals surface area (Å²) in [5.41, 5.74) is 0. The van der Waals surface area contributed by atoms with Crippen molar-refractivity contribution in [3.63, 3.8) is 0 Å². The molecular weight excluding hydrogens is 296 g/mol. The van der Waals surface area contributed by atoms with Gasteiger partial charge in [-0.3, -0.25) is 9.80 Å². The van der Waals surface area contributed by atoms with Gasteiger partial charge in [0.15, 0.2) is 0 Å². The molecule has 0 aromatic rings. The molecule has 4 nitrogen and oxygen atoms in total. The van der Waals surface area contributed by atoms with Crippen molar-refractivity contribution in [3.8, 4) is 0 Å². The molecule has 0 atom stereocenters. The van der Waals surface area contributed by atoms with Crippen molar-refractivity contribution in [2.45, 2.75) is 58.5 Å². The van der Waals surface area contributed by atoms with Gasteiger partial charge in [0, 0.05) is 51.4 Å². The lowest BCUT2D eigenvalue weighted by atomic mass is 9.90. The van der Waals surface area contributed by atoms with Crippen LogP contribution in [0, 0.1) is 5.92 Å². The molecular formula is C20H40N4. The number of piperazine rings is 1. The van der Waals surface area contributed by atoms with E-state index in [1.807, 2.05) is 0 Å². The quantitative estimate of drug-likeness (QED) is 0.707. The topological polar surface area (TPSA) is 13.0 Å². The molecule has 0 bridgehead atoms. The second-order valence-corrected chi connectivity index (χ2v) is 8.60. The Morgan fingerprint density at radius 2 is 1.54 bits per heavy atom. The van der Waals surface area contributed by atoms with Gasteiger partial charge in [-0.05, 0) is 71.6 Å². The van der Waals surface area contributed by atoms with E-state index in [9.17, 15) is 0 Å². The standard InChI is InChI=1S/C20H40N4/c1-4-21-16-20(17-21)24-10-7-19(8-11-24)6-5-9-22-12-14-23(15-13-22)18(2)3/h18-20H,4-17H2,1-3H3. The van der Waals surface area contributed by atoms with Crippen LogP contribution in [0.3, 0.4) is 0 Å². The highest BCUT2D eigenvalue weighted by Gasteiger charge is 2.32. The molecule has 0 amide bonds. The van der Waals surface area contributed by atoms with Crippen LogP contribution in [0.4, 0.5) is 0 Å². The van der Waals surface area contributed by atoms with Gasteiger partial charge < -0.3 is 9.80 Å². The average Bonchev–Trinajstić information content (AvgIpc) is 2.56. The van der Waals surface area contributed by atoms with Gasteiger partial charge in [0.05, 0.1) is 0 Å². The molecule has 0 saturated carbocycles. The SMILES string of the molecule is CCN1CC(N2CCC(CCCN3CCN(C(C)C)CC3)CC2)C1. The first-order chi connectivity index (χ1) is 11.7. The van der Waals surface area contributed by atoms with Crippen molar-refractivity contribution in [2.24, 2.45) is 5.92 Å². The third-order valence-electron chi connectivity index (χ3n) is 6.77. The fraction of sp³-hybridized carbons (Fsp3) is 1.00. The summed E-state index contributed by atoms with van der Waals surface area (Å²) in [6.45, 7) is 20.0. The number of hydrogen-bond donors (Lipinski definition) is 0. The minimum absolute atomic E-state index is 0.720. The van der Waals surface area contributed by atoms with Gasteiger partial charge in [0.2, 0.25) is 0 Å². The molecule has 0 spiro atoms. The Bertz CT molecular complexity index is 351. The van der Waals surface area contributed by atoms with Crippen molar-refractivity contribution in [2.75, 3.05) is 65.4 Å². The van der Waals surface area contributed by atoms with Crippen molar-refractivity contribution < 1.29 is 0 Å². The maximum atomic E-state index is 2.77. The number of likely N-dealkylation sites (N-methyl/N-ethyl adjacent to an activating group) is 1. The minimum Gasteiger partial charge on any atom is -0.301 e. The Hall–Kier alpha value is -0.160. The van der Waals surface area contributed by atoms with E-state index in [0.29, 0.717) is 0 Å². The highest BCUT2D eigenvalue weighted by molar-refractivity contribution is 4.89. The first-order valence-corrected chi connectivity index (χ1v) is 10.6. The van der Waals surface area contributed by atoms with Gasteiger partial charge in [0.25, 0.3) is 0 Å². The van der Waals surface area contributed by atoms with Crippen molar-refractivity contribution in [1.29, 1.82) is 0 Å². The fourth-order valence-electron chi connectivity index (χ4n) is 4.75. The minimum atomic E-state index is 0.720. The summed E-state index contributed by atoms with van der Waals surface area (Å²) < 4.78 is 0. The first kappa shape index (κ1) is 18.6. The van der Waals surface area contributed by atoms with Gasteiger partial charge in [0.1, 0.15) is 0 Å². The van der Waals surface area contributed by atoms with Gasteiger partial charge >= 0.3 is 0 Å². The molecule has 0 unspecified atom stereocenters. The van der Waals surface area contributed by atoms with Gasteiger partial charge in [-0.2, -0.15) is 0 Å². The third-order valence-corrected chi connectivity index (χ3v) is 6.77. The largest absolute Gasteiger partial charge is 0.301 e. The highest BCUT2D eigenvalue weighted by atomic mass is 15.3. The number of hydrogen-bond acceptors (Lipinski definition) is 4. The summed E-state index contributed by atoms with van der Waals surface area (Å²) in [7, 11) is 0. The van der Waals surface area contributed by atoms with Gasteiger partial charge in [-0.1, -0.05) is 6.92 Å². The van der Waals surface area contributed by atoms with Crippen LogP contribution < -0.4 is 0 Å². The number of likely N-dealkylation sites (tertiary alicyclic amines) is 2. The molecule has 0 aromatic carbocycles. The van der Waals surface area contributed by atoms with Gasteiger partial charge in [-0.15, -0.1) is 0 Å². The van der Waals surface area contributed by atoms with E-state index in [4.69, 9.17) is 0 Å². The second kappa shape index (κ2) is 8.98. The van der Waals surface area contributed by atoms with E-state index in [-0.39, 0.29) is 0 Å². The molecule has 0 aliphatic carbocycles. The van der Waals surface area contributed by atoms with Crippen LogP contribution >= 0.6 is 0 Å². The Balaban J connectivity index is 1.24. The van der Waals surface area contributed by atoms with E-state index in [1.165, 1.54) is 91.1 Å². The smallest absolute Gasteiger partial charge is 0.0350 e. The fourth-order valence-corrected chi connectivity index (χ4v) is 4.75. The molecule has 0 N–H and O–H groups in total. The summed E-state index contributed by atoms with van der Waals surface area (Å²) >= 11 is 0. The maximum absolute atomic E-state index is 2.77. The van der Waals surface area contributed by atoms with Crippen LogP contribution in [-0.2, 0) is 0 Å². The Kier molecular flexibility index (Phi) is 6.97. The molecule has 3 heterocycles. The van der Waals surface area contributed by atoms with Gasteiger partial charge in [-0.25, -0.2) is 0 Å². The molecule has 3 aliphatic rings. The normalized spacial score (nSPS) is 27.0. The van der Waals surface area contributed by atoms with Crippen molar-refractivity contribution in [1.82, 2.24) is 19.6 Å². The molecule has 140 valence electrons. The molecule has 3 saturated heterocycles. The van der Waals surface area contributed by atoms with Crippen LogP contribution in [-0.4, -0.2) is 97.1 Å². The van der Waals surface area contributed by atoms with Crippen molar-refractivity contribution in [3.05, 3.63) is 0 Å². The van der Waals surface area contributed by atoms with Crippen LogP contribution in [0.25, 0.3) is 0 Å². The molecule has 3 aliphatic heterocycles. The van der Waals surface area contributed by atoms with Crippen LogP contribution in [0.1, 0.15) is 46.5 Å². The third kappa shape index (κ3) is 4.94. The molecule has 0 aromatic heterocycles. The Morgan fingerprint density at radius 3 is 2.12 bits per heavy atom. The summed E-state index contributed by atoms with van der Waals surface area (Å²) in [5, 5.41) is 0. The highest BCUT2D eigenvalue weighted by Crippen LogP contribution is 2.26. The Labute approximate surface area is 150 Å². The maximum Gasteiger partial charge on any atom is 0.0350 e. The van der Waals surface area contributed by atoms with Crippen LogP contribution in [0.2, 0.25) is 0 Å². The summed E-state index contributed by atoms with van der Waals surface area (Å²) in [5.74, 6) is 1.00. The monoisotopic (exact) mass is 336 g/mol. The zero-order valence-corrected chi connectivity index (χ0v) is 16.4. The number of piperidine rings is 1. The molecule has 3 fully saturated rings. The van der Waals surface area contributed by atoms with E-state index in [0.717, 1.165) is 18.0 Å².